The summed E-state index contributed by atoms with van der Waals surface area (Å²) in [4.78, 5) is 30.1. The van der Waals surface area contributed by atoms with Crippen molar-refractivity contribution in [3.8, 4) is 11.3 Å². The smallest absolute Gasteiger partial charge is 0.288 e. The number of likely N-dealkylation sites (tertiary alicyclic amines) is 1. The number of carbonyl (C=O) groups excluding carboxylic acids is 1. The van der Waals surface area contributed by atoms with Crippen molar-refractivity contribution in [3.05, 3.63) is 67.5 Å². The second-order valence-electron chi connectivity index (χ2n) is 7.59. The van der Waals surface area contributed by atoms with Gasteiger partial charge in [0, 0.05) is 41.6 Å². The Morgan fingerprint density at radius 2 is 1.94 bits per heavy atom. The minimum absolute atomic E-state index is 0.0124. The molecule has 2 aromatic carbocycles. The number of amides is 1. The van der Waals surface area contributed by atoms with Crippen molar-refractivity contribution in [1.82, 2.24) is 25.3 Å². The molecular formula is C21H17ClN6O3S. The minimum Gasteiger partial charge on any atom is -0.339 e. The predicted octanol–water partition coefficient (Wildman–Crippen LogP) is 4.66. The van der Waals surface area contributed by atoms with Crippen LogP contribution in [0.5, 0.6) is 0 Å². The predicted molar refractivity (Wildman–Crippen MR) is 121 cm³/mol. The zero-order valence-electron chi connectivity index (χ0n) is 16.7. The first-order chi connectivity index (χ1) is 15.5. The average molecular weight is 469 g/mol. The number of piperidine rings is 1. The summed E-state index contributed by atoms with van der Waals surface area (Å²) in [7, 11) is 0. The second kappa shape index (κ2) is 8.29. The molecule has 1 saturated heterocycles. The normalized spacial score (nSPS) is 14.7. The van der Waals surface area contributed by atoms with Crippen LogP contribution in [0.1, 0.15) is 34.1 Å². The van der Waals surface area contributed by atoms with Gasteiger partial charge < -0.3 is 4.90 Å². The van der Waals surface area contributed by atoms with Crippen LogP contribution in [-0.4, -0.2) is 49.2 Å². The summed E-state index contributed by atoms with van der Waals surface area (Å²) in [6.45, 7) is 1.28. The number of benzene rings is 2. The highest BCUT2D eigenvalue weighted by atomic mass is 35.5. The lowest BCUT2D eigenvalue weighted by atomic mass is 9.97. The number of halogens is 1. The molecule has 2 aromatic heterocycles. The summed E-state index contributed by atoms with van der Waals surface area (Å²) >= 11 is 7.45. The van der Waals surface area contributed by atoms with E-state index in [1.54, 1.807) is 35.6 Å². The molecule has 4 aromatic rings. The molecule has 5 rings (SSSR count). The molecular weight excluding hydrogens is 452 g/mol. The molecule has 9 nitrogen and oxygen atoms in total. The van der Waals surface area contributed by atoms with E-state index in [9.17, 15) is 14.9 Å². The first-order valence-electron chi connectivity index (χ1n) is 9.99. The van der Waals surface area contributed by atoms with Crippen LogP contribution >= 0.6 is 22.9 Å². The molecule has 1 aliphatic rings. The van der Waals surface area contributed by atoms with Crippen LogP contribution < -0.4 is 0 Å². The fourth-order valence-corrected chi connectivity index (χ4v) is 5.09. The van der Waals surface area contributed by atoms with E-state index >= 15 is 0 Å². The monoisotopic (exact) mass is 468 g/mol. The Bertz CT molecular complexity index is 1330. The topological polar surface area (TPSA) is 118 Å². The van der Waals surface area contributed by atoms with Crippen molar-refractivity contribution in [2.24, 2.45) is 0 Å². The van der Waals surface area contributed by atoms with Crippen LogP contribution in [0.25, 0.3) is 22.3 Å². The summed E-state index contributed by atoms with van der Waals surface area (Å²) < 4.78 is 0. The van der Waals surface area contributed by atoms with E-state index in [0.29, 0.717) is 35.4 Å². The number of aromatic nitrogens is 4. The van der Waals surface area contributed by atoms with Crippen molar-refractivity contribution in [3.63, 3.8) is 0 Å². The molecule has 162 valence electrons. The van der Waals surface area contributed by atoms with Crippen LogP contribution in [0, 0.1) is 10.1 Å². The third-order valence-corrected chi connectivity index (χ3v) is 6.98. The number of nitro benzene ring substituents is 1. The highest BCUT2D eigenvalue weighted by Gasteiger charge is 2.27. The van der Waals surface area contributed by atoms with E-state index in [1.807, 2.05) is 10.3 Å². The molecule has 0 aliphatic carbocycles. The van der Waals surface area contributed by atoms with Gasteiger partial charge in [0.1, 0.15) is 16.1 Å². The number of nitrogens with zero attached hydrogens (tertiary/aromatic N) is 5. The van der Waals surface area contributed by atoms with Crippen LogP contribution in [0.15, 0.2) is 41.8 Å². The number of rotatable bonds is 4. The highest BCUT2D eigenvalue weighted by molar-refractivity contribution is 7.10. The third-order valence-electron chi connectivity index (χ3n) is 5.66. The number of hydrogen-bond acceptors (Lipinski definition) is 7. The molecule has 0 atom stereocenters. The number of nitrogens with one attached hydrogen (secondary N) is 1. The molecule has 0 unspecified atom stereocenters. The molecule has 0 radical (unpaired) electrons. The highest BCUT2D eigenvalue weighted by Crippen LogP contribution is 2.35. The standard InChI is InChI=1S/C21H17ClN6O3S/c22-15-3-1-13(10-19(15)28(30)31)18-11-32-20(23-18)12-5-7-27(8-6-12)21(29)14-2-4-16-17(9-14)25-26-24-16/h1-4,9-12H,5-8H2,(H,24,25,26). The van der Waals surface area contributed by atoms with E-state index in [0.717, 1.165) is 23.4 Å². The van der Waals surface area contributed by atoms with Crippen LogP contribution in [0.3, 0.4) is 0 Å². The molecule has 1 fully saturated rings. The largest absolute Gasteiger partial charge is 0.339 e. The maximum absolute atomic E-state index is 12.9. The summed E-state index contributed by atoms with van der Waals surface area (Å²) in [5.74, 6) is 0.236. The average Bonchev–Trinajstić information content (AvgIpc) is 3.48. The van der Waals surface area contributed by atoms with Crippen molar-refractivity contribution in [2.45, 2.75) is 18.8 Å². The number of thiazole rings is 1. The summed E-state index contributed by atoms with van der Waals surface area (Å²) in [6.07, 6.45) is 1.62. The molecule has 11 heteroatoms. The van der Waals surface area contributed by atoms with Gasteiger partial charge in [-0.15, -0.1) is 11.3 Å². The molecule has 1 aliphatic heterocycles. The number of aromatic amines is 1. The van der Waals surface area contributed by atoms with E-state index < -0.39 is 4.92 Å². The van der Waals surface area contributed by atoms with Gasteiger partial charge in [-0.25, -0.2) is 4.98 Å². The lowest BCUT2D eigenvalue weighted by Gasteiger charge is -2.31. The SMILES string of the molecule is O=C(c1ccc2n[nH]nc2c1)N1CCC(c2nc(-c3ccc(Cl)c([N+](=O)[O-])c3)cs2)CC1. The Labute approximate surface area is 191 Å². The maximum Gasteiger partial charge on any atom is 0.288 e. The summed E-state index contributed by atoms with van der Waals surface area (Å²) in [5.41, 5.74) is 3.23. The van der Waals surface area contributed by atoms with Crippen LogP contribution in [-0.2, 0) is 0 Å². The van der Waals surface area contributed by atoms with E-state index in [-0.39, 0.29) is 22.5 Å². The van der Waals surface area contributed by atoms with Crippen molar-refractivity contribution >= 4 is 45.6 Å². The Morgan fingerprint density at radius 3 is 2.72 bits per heavy atom. The fourth-order valence-electron chi connectivity index (χ4n) is 3.91. The summed E-state index contributed by atoms with van der Waals surface area (Å²) in [5, 5.41) is 24.8. The molecule has 0 saturated carbocycles. The molecule has 32 heavy (non-hydrogen) atoms. The Hall–Kier alpha value is -3.37. The molecule has 0 bridgehead atoms. The van der Waals surface area contributed by atoms with E-state index in [1.165, 1.54) is 12.1 Å². The van der Waals surface area contributed by atoms with Crippen molar-refractivity contribution in [2.75, 3.05) is 13.1 Å². The van der Waals surface area contributed by atoms with Gasteiger partial charge in [-0.1, -0.05) is 17.7 Å². The second-order valence-corrected chi connectivity index (χ2v) is 8.88. The Kier molecular flexibility index (Phi) is 5.32. The molecule has 0 spiro atoms. The number of nitro groups is 1. The minimum atomic E-state index is -0.494. The molecule has 1 amide bonds. The number of hydrogen-bond donors (Lipinski definition) is 1. The molecule has 1 N–H and O–H groups in total. The van der Waals surface area contributed by atoms with Gasteiger partial charge in [-0.2, -0.15) is 15.4 Å². The molecule has 3 heterocycles. The Balaban J connectivity index is 1.27. The summed E-state index contributed by atoms with van der Waals surface area (Å²) in [6, 6.07) is 10.0. The Morgan fingerprint density at radius 1 is 1.16 bits per heavy atom. The maximum atomic E-state index is 12.9. The lowest BCUT2D eigenvalue weighted by Crippen LogP contribution is -2.37. The number of carbonyl (C=O) groups is 1. The van der Waals surface area contributed by atoms with Gasteiger partial charge in [0.05, 0.1) is 15.6 Å². The van der Waals surface area contributed by atoms with Crippen molar-refractivity contribution < 1.29 is 9.72 Å². The van der Waals surface area contributed by atoms with Crippen LogP contribution in [0.2, 0.25) is 5.02 Å². The zero-order chi connectivity index (χ0) is 22.2. The zero-order valence-corrected chi connectivity index (χ0v) is 18.3. The first kappa shape index (κ1) is 20.5. The van der Waals surface area contributed by atoms with Gasteiger partial charge in [0.2, 0.25) is 0 Å². The van der Waals surface area contributed by atoms with Crippen LogP contribution in [0.4, 0.5) is 5.69 Å². The van der Waals surface area contributed by atoms with Crippen molar-refractivity contribution in [1.29, 1.82) is 0 Å². The first-order valence-corrected chi connectivity index (χ1v) is 11.2. The quantitative estimate of drug-likeness (QED) is 0.343. The number of fused-ring (bicyclic) bond motifs is 1. The fraction of sp³-hybridized carbons (Fsp3) is 0.238. The van der Waals surface area contributed by atoms with Gasteiger partial charge in [0.25, 0.3) is 11.6 Å². The van der Waals surface area contributed by atoms with Gasteiger partial charge >= 0.3 is 0 Å². The number of H-pyrrole nitrogens is 1. The van der Waals surface area contributed by atoms with Gasteiger partial charge in [-0.3, -0.25) is 14.9 Å². The van der Waals surface area contributed by atoms with Gasteiger partial charge in [0.15, 0.2) is 0 Å². The lowest BCUT2D eigenvalue weighted by molar-refractivity contribution is -0.384. The van der Waals surface area contributed by atoms with E-state index in [4.69, 9.17) is 16.6 Å². The third kappa shape index (κ3) is 3.82. The van der Waals surface area contributed by atoms with Gasteiger partial charge in [-0.05, 0) is 37.1 Å². The van der Waals surface area contributed by atoms with E-state index in [2.05, 4.69) is 15.4 Å².